The van der Waals surface area contributed by atoms with Gasteiger partial charge in [0.15, 0.2) is 0 Å². The maximum atomic E-state index is 13.0. The van der Waals surface area contributed by atoms with Gasteiger partial charge in [-0.1, -0.05) is 25.8 Å². The molecule has 23 heavy (non-hydrogen) atoms. The van der Waals surface area contributed by atoms with Crippen LogP contribution in [0.1, 0.15) is 51.9 Å². The maximum Gasteiger partial charge on any atom is 0.333 e. The number of nitrogens with zero attached hydrogens (tertiary/aromatic N) is 1. The van der Waals surface area contributed by atoms with Gasteiger partial charge < -0.3 is 4.74 Å². The molecule has 0 amide bonds. The quantitative estimate of drug-likeness (QED) is 0.584. The van der Waals surface area contributed by atoms with Gasteiger partial charge in [-0.2, -0.15) is 4.31 Å². The molecule has 0 aromatic rings. The van der Waals surface area contributed by atoms with Gasteiger partial charge >= 0.3 is 5.97 Å². The Balaban J connectivity index is 1.66. The van der Waals surface area contributed by atoms with Gasteiger partial charge in [-0.3, -0.25) is 0 Å². The highest BCUT2D eigenvalue weighted by Crippen LogP contribution is 2.58. The standard InChI is InChI=1S/C17H25NO4S/c1-10(2)17(19)22-16-11-8-13-14(9-11)23(20,21)18(15(13)16)12-6-4-3-5-7-12/h11-16H,1,3-9H2,2H3. The zero-order valence-corrected chi connectivity index (χ0v) is 14.4. The molecule has 5 unspecified atom stereocenters. The molecule has 0 N–H and O–H groups in total. The molecule has 0 spiro atoms. The second-order valence-corrected chi connectivity index (χ2v) is 9.80. The third kappa shape index (κ3) is 2.21. The highest BCUT2D eigenvalue weighted by Gasteiger charge is 2.68. The predicted molar refractivity (Wildman–Crippen MR) is 86.1 cm³/mol. The summed E-state index contributed by atoms with van der Waals surface area (Å²) in [4.78, 5) is 12.0. The van der Waals surface area contributed by atoms with Gasteiger partial charge in [-0.25, -0.2) is 13.2 Å². The number of carbonyl (C=O) groups is 1. The van der Waals surface area contributed by atoms with E-state index in [0.717, 1.165) is 32.1 Å². The van der Waals surface area contributed by atoms with E-state index in [1.165, 1.54) is 6.42 Å². The normalized spacial score (nSPS) is 42.0. The number of fused-ring (bicyclic) bond motifs is 1. The molecule has 0 aromatic heterocycles. The van der Waals surface area contributed by atoms with E-state index in [4.69, 9.17) is 4.74 Å². The first-order valence-corrected chi connectivity index (χ1v) is 10.3. The minimum absolute atomic E-state index is 0.106. The van der Waals surface area contributed by atoms with Crippen LogP contribution in [0.25, 0.3) is 0 Å². The molecule has 3 aliphatic carbocycles. The lowest BCUT2D eigenvalue weighted by Crippen LogP contribution is -2.49. The summed E-state index contributed by atoms with van der Waals surface area (Å²) in [5.74, 6) is -0.0384. The molecule has 4 aliphatic rings. The lowest BCUT2D eigenvalue weighted by Gasteiger charge is -2.36. The van der Waals surface area contributed by atoms with Crippen LogP contribution in [0.3, 0.4) is 0 Å². The summed E-state index contributed by atoms with van der Waals surface area (Å²) in [5.41, 5.74) is 0.384. The molecular formula is C17H25NO4S. The Morgan fingerprint density at radius 1 is 1.17 bits per heavy atom. The summed E-state index contributed by atoms with van der Waals surface area (Å²) in [5, 5.41) is -0.237. The zero-order valence-electron chi connectivity index (χ0n) is 13.6. The summed E-state index contributed by atoms with van der Waals surface area (Å²) >= 11 is 0. The fourth-order valence-electron chi connectivity index (χ4n) is 5.40. The predicted octanol–water partition coefficient (Wildman–Crippen LogP) is 2.23. The Kier molecular flexibility index (Phi) is 3.61. The van der Waals surface area contributed by atoms with Gasteiger partial charge in [-0.05, 0) is 44.4 Å². The largest absolute Gasteiger partial charge is 0.457 e. The van der Waals surface area contributed by atoms with Crippen LogP contribution in [-0.2, 0) is 19.6 Å². The highest BCUT2D eigenvalue weighted by atomic mass is 32.2. The van der Waals surface area contributed by atoms with Crippen LogP contribution in [0.2, 0.25) is 0 Å². The van der Waals surface area contributed by atoms with Crippen molar-refractivity contribution in [1.82, 2.24) is 4.31 Å². The van der Waals surface area contributed by atoms with Gasteiger partial charge in [0.05, 0.1) is 11.3 Å². The first kappa shape index (κ1) is 15.6. The van der Waals surface area contributed by atoms with Crippen LogP contribution >= 0.6 is 0 Å². The van der Waals surface area contributed by atoms with E-state index in [-0.39, 0.29) is 41.2 Å². The average molecular weight is 339 g/mol. The van der Waals surface area contributed by atoms with Crippen molar-refractivity contribution in [2.45, 2.75) is 75.3 Å². The first-order chi connectivity index (χ1) is 10.9. The molecule has 1 saturated heterocycles. The van der Waals surface area contributed by atoms with E-state index >= 15 is 0 Å². The Labute approximate surface area is 138 Å². The summed E-state index contributed by atoms with van der Waals surface area (Å²) in [6.45, 7) is 5.29. The van der Waals surface area contributed by atoms with E-state index in [2.05, 4.69) is 6.58 Å². The molecule has 0 aromatic carbocycles. The van der Waals surface area contributed by atoms with Crippen LogP contribution in [-0.4, -0.2) is 42.1 Å². The van der Waals surface area contributed by atoms with Crippen molar-refractivity contribution in [2.75, 3.05) is 0 Å². The zero-order chi connectivity index (χ0) is 16.4. The summed E-state index contributed by atoms with van der Waals surface area (Å²) in [6, 6.07) is -0.0238. The molecule has 1 aliphatic heterocycles. The van der Waals surface area contributed by atoms with Crippen LogP contribution in [0.15, 0.2) is 12.2 Å². The number of ether oxygens (including phenoxy) is 1. The van der Waals surface area contributed by atoms with Crippen molar-refractivity contribution in [3.63, 3.8) is 0 Å². The van der Waals surface area contributed by atoms with E-state index in [0.29, 0.717) is 12.0 Å². The van der Waals surface area contributed by atoms with Crippen LogP contribution in [0.5, 0.6) is 0 Å². The van der Waals surface area contributed by atoms with Crippen molar-refractivity contribution < 1.29 is 17.9 Å². The minimum Gasteiger partial charge on any atom is -0.457 e. The molecule has 5 atom stereocenters. The molecule has 1 heterocycles. The lowest BCUT2D eigenvalue weighted by atomic mass is 9.89. The topological polar surface area (TPSA) is 63.7 Å². The molecule has 3 saturated carbocycles. The van der Waals surface area contributed by atoms with Crippen molar-refractivity contribution >= 4 is 16.0 Å². The van der Waals surface area contributed by atoms with Gasteiger partial charge in [0.2, 0.25) is 10.0 Å². The Hall–Kier alpha value is -0.880. The van der Waals surface area contributed by atoms with Crippen molar-refractivity contribution in [3.05, 3.63) is 12.2 Å². The second kappa shape index (κ2) is 5.31. The van der Waals surface area contributed by atoms with Gasteiger partial charge in [0.1, 0.15) is 6.10 Å². The number of hydrogen-bond donors (Lipinski definition) is 0. The summed E-state index contributed by atoms with van der Waals surface area (Å²) < 4.78 is 33.6. The smallest absolute Gasteiger partial charge is 0.333 e. The van der Waals surface area contributed by atoms with Crippen LogP contribution in [0.4, 0.5) is 0 Å². The SMILES string of the molecule is C=C(C)C(=O)OC1C2CC3C1N(C1CCCCC1)S(=O)(=O)C3C2. The Bertz CT molecular complexity index is 637. The third-order valence-electron chi connectivity index (χ3n) is 6.32. The van der Waals surface area contributed by atoms with Crippen LogP contribution in [0, 0.1) is 11.8 Å². The maximum absolute atomic E-state index is 13.0. The van der Waals surface area contributed by atoms with E-state index in [1.54, 1.807) is 11.2 Å². The van der Waals surface area contributed by atoms with Crippen molar-refractivity contribution in [3.8, 4) is 0 Å². The number of esters is 1. The van der Waals surface area contributed by atoms with Gasteiger partial charge in [-0.15, -0.1) is 0 Å². The van der Waals surface area contributed by atoms with Crippen molar-refractivity contribution in [1.29, 1.82) is 0 Å². The Morgan fingerprint density at radius 3 is 2.52 bits per heavy atom. The summed E-state index contributed by atoms with van der Waals surface area (Å²) in [7, 11) is -3.24. The van der Waals surface area contributed by atoms with E-state index < -0.39 is 10.0 Å². The first-order valence-electron chi connectivity index (χ1n) is 8.80. The van der Waals surface area contributed by atoms with E-state index in [1.807, 2.05) is 0 Å². The molecule has 0 radical (unpaired) electrons. The minimum atomic E-state index is -3.24. The Morgan fingerprint density at radius 2 is 1.87 bits per heavy atom. The number of rotatable bonds is 3. The average Bonchev–Trinajstić information content (AvgIpc) is 3.11. The molecule has 2 bridgehead atoms. The number of hydrogen-bond acceptors (Lipinski definition) is 4. The van der Waals surface area contributed by atoms with Gasteiger partial charge in [0, 0.05) is 11.6 Å². The number of carbonyl (C=O) groups excluding carboxylic acids is 1. The molecule has 4 rings (SSSR count). The van der Waals surface area contributed by atoms with Crippen LogP contribution < -0.4 is 0 Å². The monoisotopic (exact) mass is 339 g/mol. The van der Waals surface area contributed by atoms with E-state index in [9.17, 15) is 13.2 Å². The van der Waals surface area contributed by atoms with Gasteiger partial charge in [0.25, 0.3) is 0 Å². The fourth-order valence-corrected chi connectivity index (χ4v) is 8.16. The lowest BCUT2D eigenvalue weighted by molar-refractivity contribution is -0.149. The fraction of sp³-hybridized carbons (Fsp3) is 0.824. The third-order valence-corrected chi connectivity index (χ3v) is 8.76. The molecule has 6 heteroatoms. The number of sulfonamides is 1. The molecule has 128 valence electrons. The molecule has 5 nitrogen and oxygen atoms in total. The highest BCUT2D eigenvalue weighted by molar-refractivity contribution is 7.90. The van der Waals surface area contributed by atoms with Crippen molar-refractivity contribution in [2.24, 2.45) is 11.8 Å². The second-order valence-electron chi connectivity index (χ2n) is 7.74. The molecular weight excluding hydrogens is 314 g/mol. The molecule has 4 fully saturated rings. The summed E-state index contributed by atoms with van der Waals surface area (Å²) in [6.07, 6.45) is 6.53.